The molecule has 0 bridgehead atoms. The van der Waals surface area contributed by atoms with Gasteiger partial charge < -0.3 is 15.8 Å². The van der Waals surface area contributed by atoms with Gasteiger partial charge in [0.2, 0.25) is 11.8 Å². The standard InChI is InChI=1S/C18H20FN3O2/c19-14-4-1-5-16(10-14)24-18-13(3-2-8-21-18)11-22-17(23)12-6-7-15(20)9-12/h1-5,8,10,12,15H,6-7,9,11,20H2,(H,22,23). The van der Waals surface area contributed by atoms with E-state index in [0.717, 1.165) is 24.8 Å². The molecule has 1 saturated carbocycles. The highest BCUT2D eigenvalue weighted by Crippen LogP contribution is 2.25. The molecular weight excluding hydrogens is 309 g/mol. The summed E-state index contributed by atoms with van der Waals surface area (Å²) in [7, 11) is 0. The lowest BCUT2D eigenvalue weighted by molar-refractivity contribution is -0.125. The van der Waals surface area contributed by atoms with Gasteiger partial charge in [0.1, 0.15) is 11.6 Å². The summed E-state index contributed by atoms with van der Waals surface area (Å²) in [4.78, 5) is 16.4. The smallest absolute Gasteiger partial charge is 0.224 e. The molecule has 126 valence electrons. The van der Waals surface area contributed by atoms with E-state index >= 15 is 0 Å². The molecule has 1 aliphatic rings. The summed E-state index contributed by atoms with van der Waals surface area (Å²) < 4.78 is 18.9. The van der Waals surface area contributed by atoms with E-state index in [2.05, 4.69) is 10.3 Å². The van der Waals surface area contributed by atoms with Crippen molar-refractivity contribution in [3.05, 3.63) is 54.0 Å². The van der Waals surface area contributed by atoms with Crippen LogP contribution in [0.15, 0.2) is 42.6 Å². The van der Waals surface area contributed by atoms with Gasteiger partial charge in [0.05, 0.1) is 0 Å². The number of amides is 1. The number of halogens is 1. The third-order valence-corrected chi connectivity index (χ3v) is 4.16. The minimum Gasteiger partial charge on any atom is -0.439 e. The highest BCUT2D eigenvalue weighted by atomic mass is 19.1. The van der Waals surface area contributed by atoms with Crippen LogP contribution < -0.4 is 15.8 Å². The maximum absolute atomic E-state index is 13.3. The van der Waals surface area contributed by atoms with Crippen molar-refractivity contribution in [2.24, 2.45) is 11.7 Å². The van der Waals surface area contributed by atoms with Crippen LogP contribution in [0, 0.1) is 11.7 Å². The monoisotopic (exact) mass is 329 g/mol. The summed E-state index contributed by atoms with van der Waals surface area (Å²) in [6.07, 6.45) is 4.03. The minimum absolute atomic E-state index is 0.00325. The van der Waals surface area contributed by atoms with Crippen LogP contribution in [0.5, 0.6) is 11.6 Å². The number of carbonyl (C=O) groups excluding carboxylic acids is 1. The van der Waals surface area contributed by atoms with Crippen LogP contribution in [-0.4, -0.2) is 16.9 Å². The van der Waals surface area contributed by atoms with Crippen molar-refractivity contribution in [2.75, 3.05) is 0 Å². The SMILES string of the molecule is NC1CCC(C(=O)NCc2cccnc2Oc2cccc(F)c2)C1. The first-order valence-electron chi connectivity index (χ1n) is 8.02. The molecule has 1 aliphatic carbocycles. The Bertz CT molecular complexity index is 723. The first-order valence-corrected chi connectivity index (χ1v) is 8.02. The number of pyridine rings is 1. The molecular formula is C18H20FN3O2. The summed E-state index contributed by atoms with van der Waals surface area (Å²) in [5.41, 5.74) is 6.59. The summed E-state index contributed by atoms with van der Waals surface area (Å²) >= 11 is 0. The van der Waals surface area contributed by atoms with Crippen LogP contribution in [0.25, 0.3) is 0 Å². The van der Waals surface area contributed by atoms with Gasteiger partial charge in [-0.1, -0.05) is 12.1 Å². The van der Waals surface area contributed by atoms with Crippen molar-refractivity contribution < 1.29 is 13.9 Å². The predicted molar refractivity (Wildman–Crippen MR) is 87.9 cm³/mol. The van der Waals surface area contributed by atoms with E-state index in [1.807, 2.05) is 6.07 Å². The Labute approximate surface area is 140 Å². The van der Waals surface area contributed by atoms with Crippen molar-refractivity contribution in [2.45, 2.75) is 31.8 Å². The lowest BCUT2D eigenvalue weighted by Crippen LogP contribution is -2.30. The Morgan fingerprint density at radius 2 is 2.21 bits per heavy atom. The quantitative estimate of drug-likeness (QED) is 0.884. The van der Waals surface area contributed by atoms with E-state index in [4.69, 9.17) is 10.5 Å². The van der Waals surface area contributed by atoms with Crippen molar-refractivity contribution in [3.8, 4) is 11.6 Å². The van der Waals surface area contributed by atoms with E-state index < -0.39 is 0 Å². The Balaban J connectivity index is 1.65. The van der Waals surface area contributed by atoms with Crippen molar-refractivity contribution in [1.82, 2.24) is 10.3 Å². The molecule has 5 nitrogen and oxygen atoms in total. The zero-order chi connectivity index (χ0) is 16.9. The first-order chi connectivity index (χ1) is 11.6. The Morgan fingerprint density at radius 1 is 1.33 bits per heavy atom. The summed E-state index contributed by atoms with van der Waals surface area (Å²) in [5, 5.41) is 2.91. The number of aromatic nitrogens is 1. The summed E-state index contributed by atoms with van der Waals surface area (Å²) in [6.45, 7) is 0.309. The average molecular weight is 329 g/mol. The second-order valence-corrected chi connectivity index (χ2v) is 6.01. The van der Waals surface area contributed by atoms with Crippen LogP contribution in [0.2, 0.25) is 0 Å². The number of hydrogen-bond donors (Lipinski definition) is 2. The molecule has 1 amide bonds. The first kappa shape index (κ1) is 16.4. The van der Waals surface area contributed by atoms with Crippen LogP contribution in [-0.2, 0) is 11.3 Å². The molecule has 2 atom stereocenters. The number of nitrogens with two attached hydrogens (primary N) is 1. The molecule has 2 unspecified atom stereocenters. The molecule has 6 heteroatoms. The normalized spacial score (nSPS) is 19.9. The van der Waals surface area contributed by atoms with E-state index in [0.29, 0.717) is 18.2 Å². The lowest BCUT2D eigenvalue weighted by Gasteiger charge is -2.13. The van der Waals surface area contributed by atoms with Crippen LogP contribution in [0.4, 0.5) is 4.39 Å². The van der Waals surface area contributed by atoms with Crippen molar-refractivity contribution in [1.29, 1.82) is 0 Å². The van der Waals surface area contributed by atoms with Crippen LogP contribution in [0.1, 0.15) is 24.8 Å². The van der Waals surface area contributed by atoms with Crippen LogP contribution >= 0.6 is 0 Å². The maximum Gasteiger partial charge on any atom is 0.224 e. The average Bonchev–Trinajstić information content (AvgIpc) is 3.00. The molecule has 1 fully saturated rings. The van der Waals surface area contributed by atoms with Gasteiger partial charge in [-0.15, -0.1) is 0 Å². The fraction of sp³-hybridized carbons (Fsp3) is 0.333. The zero-order valence-electron chi connectivity index (χ0n) is 13.2. The largest absolute Gasteiger partial charge is 0.439 e. The summed E-state index contributed by atoms with van der Waals surface area (Å²) in [5.74, 6) is 0.318. The number of carbonyl (C=O) groups is 1. The van der Waals surface area contributed by atoms with Gasteiger partial charge in [-0.05, 0) is 37.5 Å². The van der Waals surface area contributed by atoms with Gasteiger partial charge in [-0.3, -0.25) is 4.79 Å². The number of benzene rings is 1. The van der Waals surface area contributed by atoms with E-state index in [1.165, 1.54) is 12.1 Å². The maximum atomic E-state index is 13.3. The van der Waals surface area contributed by atoms with Gasteiger partial charge in [0.15, 0.2) is 0 Å². The fourth-order valence-electron chi connectivity index (χ4n) is 2.87. The number of hydrogen-bond acceptors (Lipinski definition) is 4. The Hall–Kier alpha value is -2.47. The molecule has 24 heavy (non-hydrogen) atoms. The number of ether oxygens (including phenoxy) is 1. The molecule has 0 radical (unpaired) electrons. The van der Waals surface area contributed by atoms with Crippen molar-refractivity contribution in [3.63, 3.8) is 0 Å². The van der Waals surface area contributed by atoms with E-state index in [1.54, 1.807) is 24.4 Å². The molecule has 2 aromatic rings. The van der Waals surface area contributed by atoms with Crippen LogP contribution in [0.3, 0.4) is 0 Å². The second kappa shape index (κ2) is 7.40. The molecule has 3 rings (SSSR count). The predicted octanol–water partition coefficient (Wildman–Crippen LogP) is 2.76. The van der Waals surface area contributed by atoms with E-state index in [-0.39, 0.29) is 23.7 Å². The van der Waals surface area contributed by atoms with Gasteiger partial charge in [-0.25, -0.2) is 9.37 Å². The van der Waals surface area contributed by atoms with Gasteiger partial charge in [0.25, 0.3) is 0 Å². The van der Waals surface area contributed by atoms with Gasteiger partial charge in [0, 0.05) is 36.3 Å². The van der Waals surface area contributed by atoms with E-state index in [9.17, 15) is 9.18 Å². The summed E-state index contributed by atoms with van der Waals surface area (Å²) in [6, 6.07) is 9.56. The number of rotatable bonds is 5. The molecule has 0 aliphatic heterocycles. The Kier molecular flexibility index (Phi) is 5.05. The highest BCUT2D eigenvalue weighted by Gasteiger charge is 2.27. The van der Waals surface area contributed by atoms with Gasteiger partial charge in [-0.2, -0.15) is 0 Å². The molecule has 0 saturated heterocycles. The molecule has 1 heterocycles. The highest BCUT2D eigenvalue weighted by molar-refractivity contribution is 5.79. The second-order valence-electron chi connectivity index (χ2n) is 6.01. The molecule has 3 N–H and O–H groups in total. The third kappa shape index (κ3) is 4.08. The fourth-order valence-corrected chi connectivity index (χ4v) is 2.87. The number of nitrogens with zero attached hydrogens (tertiary/aromatic N) is 1. The lowest BCUT2D eigenvalue weighted by atomic mass is 10.1. The molecule has 1 aromatic heterocycles. The van der Waals surface area contributed by atoms with Crippen molar-refractivity contribution >= 4 is 5.91 Å². The minimum atomic E-state index is -0.379. The number of nitrogens with one attached hydrogen (secondary N) is 1. The molecule has 1 aromatic carbocycles. The van der Waals surface area contributed by atoms with Gasteiger partial charge >= 0.3 is 0 Å². The Morgan fingerprint density at radius 3 is 2.96 bits per heavy atom. The topological polar surface area (TPSA) is 77.2 Å². The third-order valence-electron chi connectivity index (χ3n) is 4.16. The zero-order valence-corrected chi connectivity index (χ0v) is 13.2. The molecule has 0 spiro atoms.